The summed E-state index contributed by atoms with van der Waals surface area (Å²) in [7, 11) is 1.59. The Morgan fingerprint density at radius 2 is 2.17 bits per heavy atom. The Balaban J connectivity index is 2.26. The Hall–Kier alpha value is -0.740. The van der Waals surface area contributed by atoms with Gasteiger partial charge in [0.2, 0.25) is 5.91 Å². The topological polar surface area (TPSA) is 38.8 Å². The van der Waals surface area contributed by atoms with Crippen LogP contribution in [0.5, 0.6) is 5.75 Å². The molecule has 1 aliphatic rings. The van der Waals surface area contributed by atoms with E-state index in [-0.39, 0.29) is 9.83 Å². The number of hydrogen-bond acceptors (Lipinski definition) is 3. The lowest BCUT2D eigenvalue weighted by molar-refractivity contribution is -0.128. The van der Waals surface area contributed by atoms with Crippen molar-refractivity contribution in [3.8, 4) is 5.75 Å². The SMILES string of the molecule is COCCOc1ccc(C2=CCC(I)C(=O)N2CC(F)F)c(Br)c1. The minimum absolute atomic E-state index is 0.291. The van der Waals surface area contributed by atoms with Gasteiger partial charge in [0, 0.05) is 22.8 Å². The van der Waals surface area contributed by atoms with Crippen LogP contribution in [-0.2, 0) is 9.53 Å². The Morgan fingerprint density at radius 3 is 2.79 bits per heavy atom. The molecule has 8 heteroatoms. The molecule has 0 N–H and O–H groups in total. The summed E-state index contributed by atoms with van der Waals surface area (Å²) in [5.74, 6) is 0.346. The molecule has 0 radical (unpaired) electrons. The molecule has 4 nitrogen and oxygen atoms in total. The van der Waals surface area contributed by atoms with Gasteiger partial charge < -0.3 is 14.4 Å². The number of benzene rings is 1. The molecule has 0 aliphatic carbocycles. The van der Waals surface area contributed by atoms with E-state index in [0.29, 0.717) is 41.1 Å². The van der Waals surface area contributed by atoms with Gasteiger partial charge in [-0.2, -0.15) is 0 Å². The molecule has 1 unspecified atom stereocenters. The van der Waals surface area contributed by atoms with Crippen LogP contribution in [0.3, 0.4) is 0 Å². The van der Waals surface area contributed by atoms with Crippen LogP contribution in [0.15, 0.2) is 28.7 Å². The van der Waals surface area contributed by atoms with Crippen LogP contribution in [-0.4, -0.2) is 48.0 Å². The second-order valence-corrected chi connectivity index (χ2v) is 7.47. The second kappa shape index (κ2) is 9.10. The highest BCUT2D eigenvalue weighted by molar-refractivity contribution is 14.1. The lowest BCUT2D eigenvalue weighted by Gasteiger charge is -2.31. The second-order valence-electron chi connectivity index (χ2n) is 5.12. The molecule has 24 heavy (non-hydrogen) atoms. The van der Waals surface area contributed by atoms with Crippen molar-refractivity contribution in [1.82, 2.24) is 4.90 Å². The zero-order chi connectivity index (χ0) is 17.7. The van der Waals surface area contributed by atoms with Gasteiger partial charge in [0.1, 0.15) is 12.4 Å². The summed E-state index contributed by atoms with van der Waals surface area (Å²) >= 11 is 5.42. The van der Waals surface area contributed by atoms with E-state index in [1.165, 1.54) is 0 Å². The fraction of sp³-hybridized carbons (Fsp3) is 0.438. The number of nitrogens with zero attached hydrogens (tertiary/aromatic N) is 1. The van der Waals surface area contributed by atoms with Crippen LogP contribution in [0, 0.1) is 0 Å². The van der Waals surface area contributed by atoms with Gasteiger partial charge in [-0.25, -0.2) is 8.78 Å². The van der Waals surface area contributed by atoms with Crippen molar-refractivity contribution in [2.24, 2.45) is 0 Å². The molecule has 132 valence electrons. The lowest BCUT2D eigenvalue weighted by Crippen LogP contribution is -2.40. The van der Waals surface area contributed by atoms with Gasteiger partial charge in [-0.3, -0.25) is 4.79 Å². The molecule has 1 amide bonds. The Bertz CT molecular complexity index is 627. The number of rotatable bonds is 7. The van der Waals surface area contributed by atoms with E-state index in [9.17, 15) is 13.6 Å². The third-order valence-corrected chi connectivity index (χ3v) is 5.13. The first-order valence-corrected chi connectivity index (χ1v) is 9.33. The molecule has 1 aromatic carbocycles. The quantitative estimate of drug-likeness (QED) is 0.311. The fourth-order valence-electron chi connectivity index (χ4n) is 2.33. The Kier molecular flexibility index (Phi) is 7.42. The molecule has 0 fully saturated rings. The number of hydrogen-bond donors (Lipinski definition) is 0. The molecule has 1 aliphatic heterocycles. The van der Waals surface area contributed by atoms with Gasteiger partial charge >= 0.3 is 0 Å². The van der Waals surface area contributed by atoms with Crippen molar-refractivity contribution in [1.29, 1.82) is 0 Å². The molecule has 0 saturated carbocycles. The van der Waals surface area contributed by atoms with E-state index >= 15 is 0 Å². The number of amides is 1. The highest BCUT2D eigenvalue weighted by atomic mass is 127. The molecule has 1 aromatic rings. The van der Waals surface area contributed by atoms with Crippen LogP contribution in [0.4, 0.5) is 8.78 Å². The van der Waals surface area contributed by atoms with Crippen molar-refractivity contribution < 1.29 is 23.0 Å². The molecular weight excluding hydrogens is 499 g/mol. The summed E-state index contributed by atoms with van der Waals surface area (Å²) in [6.07, 6.45) is -0.242. The molecule has 0 saturated heterocycles. The van der Waals surface area contributed by atoms with Gasteiger partial charge in [-0.1, -0.05) is 28.7 Å². The van der Waals surface area contributed by atoms with Crippen LogP contribution in [0.2, 0.25) is 0 Å². The first-order valence-electron chi connectivity index (χ1n) is 7.29. The smallest absolute Gasteiger partial charge is 0.256 e. The van der Waals surface area contributed by atoms with Crippen LogP contribution >= 0.6 is 38.5 Å². The summed E-state index contributed by atoms with van der Waals surface area (Å²) in [6.45, 7) is 0.276. The van der Waals surface area contributed by atoms with Crippen LogP contribution in [0.1, 0.15) is 12.0 Å². The number of carbonyl (C=O) groups is 1. The molecule has 2 rings (SSSR count). The highest BCUT2D eigenvalue weighted by Crippen LogP contribution is 2.35. The number of alkyl halides is 3. The predicted molar refractivity (Wildman–Crippen MR) is 99.6 cm³/mol. The molecule has 0 spiro atoms. The minimum Gasteiger partial charge on any atom is -0.491 e. The summed E-state index contributed by atoms with van der Waals surface area (Å²) in [6, 6.07) is 5.27. The molecule has 0 aromatic heterocycles. The fourth-order valence-corrected chi connectivity index (χ4v) is 3.48. The maximum atomic E-state index is 12.9. The summed E-state index contributed by atoms with van der Waals surface area (Å²) in [4.78, 5) is 13.5. The Labute approximate surface area is 161 Å². The van der Waals surface area contributed by atoms with Gasteiger partial charge in [-0.15, -0.1) is 0 Å². The van der Waals surface area contributed by atoms with E-state index in [1.807, 2.05) is 28.7 Å². The first-order chi connectivity index (χ1) is 11.4. The standard InChI is InChI=1S/C16H17BrF2INO3/c1-23-6-7-24-10-2-3-11(12(17)8-10)14-5-4-13(20)16(22)21(14)9-15(18)19/h2-3,5,8,13,15H,4,6-7,9H2,1H3. The van der Waals surface area contributed by atoms with E-state index in [1.54, 1.807) is 25.3 Å². The predicted octanol–water partition coefficient (Wildman–Crippen LogP) is 4.12. The third kappa shape index (κ3) is 4.89. The van der Waals surface area contributed by atoms with Gasteiger partial charge in [-0.05, 0) is 40.5 Å². The van der Waals surface area contributed by atoms with E-state index in [4.69, 9.17) is 9.47 Å². The average molecular weight is 516 g/mol. The maximum Gasteiger partial charge on any atom is 0.256 e. The van der Waals surface area contributed by atoms with Crippen molar-refractivity contribution in [2.45, 2.75) is 16.8 Å². The van der Waals surface area contributed by atoms with E-state index in [0.717, 1.165) is 4.90 Å². The molecule has 1 heterocycles. The first kappa shape index (κ1) is 19.6. The van der Waals surface area contributed by atoms with Crippen molar-refractivity contribution in [2.75, 3.05) is 26.9 Å². The number of ether oxygens (including phenoxy) is 2. The zero-order valence-electron chi connectivity index (χ0n) is 13.0. The average Bonchev–Trinajstić information content (AvgIpc) is 2.53. The summed E-state index contributed by atoms with van der Waals surface area (Å²) in [5.41, 5.74) is 1.19. The molecular formula is C16H17BrF2INO3. The van der Waals surface area contributed by atoms with Crippen molar-refractivity contribution in [3.63, 3.8) is 0 Å². The largest absolute Gasteiger partial charge is 0.491 e. The molecule has 1 atom stereocenters. The van der Waals surface area contributed by atoms with Gasteiger partial charge in [0.15, 0.2) is 0 Å². The summed E-state index contributed by atoms with van der Waals surface area (Å²) < 4.78 is 36.6. The van der Waals surface area contributed by atoms with Gasteiger partial charge in [0.05, 0.1) is 17.1 Å². The minimum atomic E-state index is -2.59. The number of halogens is 4. The van der Waals surface area contributed by atoms with Crippen molar-refractivity contribution in [3.05, 3.63) is 34.3 Å². The zero-order valence-corrected chi connectivity index (χ0v) is 16.7. The number of methoxy groups -OCH3 is 1. The maximum absolute atomic E-state index is 12.9. The Morgan fingerprint density at radius 1 is 1.42 bits per heavy atom. The normalized spacial score (nSPS) is 18.1. The summed E-state index contributed by atoms with van der Waals surface area (Å²) in [5, 5.41) is 0. The highest BCUT2D eigenvalue weighted by Gasteiger charge is 2.31. The van der Waals surface area contributed by atoms with E-state index < -0.39 is 13.0 Å². The number of allylic oxidation sites excluding steroid dienone is 1. The monoisotopic (exact) mass is 515 g/mol. The number of carbonyl (C=O) groups excluding carboxylic acids is 1. The van der Waals surface area contributed by atoms with Crippen LogP contribution in [0.25, 0.3) is 5.70 Å². The van der Waals surface area contributed by atoms with Crippen molar-refractivity contribution >= 4 is 50.1 Å². The lowest BCUT2D eigenvalue weighted by atomic mass is 10.0. The van der Waals surface area contributed by atoms with Crippen LogP contribution < -0.4 is 4.74 Å². The third-order valence-electron chi connectivity index (χ3n) is 3.44. The molecule has 0 bridgehead atoms. The van der Waals surface area contributed by atoms with E-state index in [2.05, 4.69) is 15.9 Å². The van der Waals surface area contributed by atoms with Gasteiger partial charge in [0.25, 0.3) is 6.43 Å².